The van der Waals surface area contributed by atoms with E-state index in [1.54, 1.807) is 17.0 Å². The summed E-state index contributed by atoms with van der Waals surface area (Å²) in [5.41, 5.74) is 0.646. The minimum Gasteiger partial charge on any atom is -0.340 e. The predicted molar refractivity (Wildman–Crippen MR) is 111 cm³/mol. The minimum absolute atomic E-state index is 0.0514. The van der Waals surface area contributed by atoms with E-state index < -0.39 is 0 Å². The monoisotopic (exact) mass is 413 g/mol. The van der Waals surface area contributed by atoms with Gasteiger partial charge in [0.25, 0.3) is 0 Å². The van der Waals surface area contributed by atoms with Gasteiger partial charge in [0.05, 0.1) is 5.92 Å². The van der Waals surface area contributed by atoms with Crippen LogP contribution in [0.3, 0.4) is 0 Å². The lowest BCUT2D eigenvalue weighted by Crippen LogP contribution is -2.51. The first-order chi connectivity index (χ1) is 14.5. The van der Waals surface area contributed by atoms with Gasteiger partial charge >= 0.3 is 0 Å². The number of carbonyl (C=O) groups excluding carboxylic acids is 2. The number of rotatable bonds is 6. The van der Waals surface area contributed by atoms with Crippen LogP contribution in [0, 0.1) is 11.7 Å². The molecule has 0 spiro atoms. The Hall–Kier alpha value is -2.74. The zero-order valence-corrected chi connectivity index (χ0v) is 17.3. The molecule has 1 aromatic carbocycles. The Morgan fingerprint density at radius 1 is 1.13 bits per heavy atom. The molecule has 7 nitrogen and oxygen atoms in total. The maximum absolute atomic E-state index is 13.2. The van der Waals surface area contributed by atoms with Gasteiger partial charge in [-0.1, -0.05) is 6.92 Å². The number of imidazole rings is 1. The van der Waals surface area contributed by atoms with Crippen LogP contribution in [0.2, 0.25) is 0 Å². The summed E-state index contributed by atoms with van der Waals surface area (Å²) >= 11 is 0. The van der Waals surface area contributed by atoms with Gasteiger partial charge in [-0.3, -0.25) is 14.5 Å². The number of piperazine rings is 1. The zero-order chi connectivity index (χ0) is 21.1. The van der Waals surface area contributed by atoms with Crippen LogP contribution in [0.25, 0.3) is 0 Å². The second-order valence-electron chi connectivity index (χ2n) is 7.94. The molecule has 1 unspecified atom stereocenters. The van der Waals surface area contributed by atoms with E-state index in [4.69, 9.17) is 0 Å². The van der Waals surface area contributed by atoms with Crippen LogP contribution in [0.4, 0.5) is 10.1 Å². The number of halogens is 1. The molecule has 0 radical (unpaired) electrons. The van der Waals surface area contributed by atoms with Crippen molar-refractivity contribution in [3.63, 3.8) is 0 Å². The van der Waals surface area contributed by atoms with E-state index in [2.05, 4.69) is 21.4 Å². The molecule has 3 heterocycles. The van der Waals surface area contributed by atoms with E-state index in [0.717, 1.165) is 38.4 Å². The molecule has 2 fully saturated rings. The Labute approximate surface area is 176 Å². The molecule has 8 heteroatoms. The molecule has 0 saturated carbocycles. The smallest absolute Gasteiger partial charge is 0.228 e. The lowest BCUT2D eigenvalue weighted by molar-refractivity contribution is -0.137. The number of anilines is 1. The summed E-state index contributed by atoms with van der Waals surface area (Å²) in [6.07, 6.45) is 5.00. The van der Waals surface area contributed by atoms with Crippen molar-refractivity contribution in [2.75, 3.05) is 44.2 Å². The van der Waals surface area contributed by atoms with Crippen molar-refractivity contribution < 1.29 is 14.0 Å². The fourth-order valence-corrected chi connectivity index (χ4v) is 4.30. The molecule has 2 saturated heterocycles. The number of aryl methyl sites for hydroxylation is 1. The molecule has 4 rings (SSSR count). The summed E-state index contributed by atoms with van der Waals surface area (Å²) in [5, 5.41) is 0. The van der Waals surface area contributed by atoms with Crippen molar-refractivity contribution in [2.24, 2.45) is 5.92 Å². The number of amides is 2. The Balaban J connectivity index is 1.27. The lowest BCUT2D eigenvalue weighted by Gasteiger charge is -2.36. The highest BCUT2D eigenvalue weighted by atomic mass is 19.1. The van der Waals surface area contributed by atoms with E-state index >= 15 is 0 Å². The van der Waals surface area contributed by atoms with Gasteiger partial charge in [0.1, 0.15) is 11.6 Å². The number of hydrogen-bond acceptors (Lipinski definition) is 4. The van der Waals surface area contributed by atoms with Crippen molar-refractivity contribution in [1.29, 1.82) is 0 Å². The van der Waals surface area contributed by atoms with Crippen LogP contribution in [0.5, 0.6) is 0 Å². The molecule has 0 aliphatic carbocycles. The second kappa shape index (κ2) is 8.95. The van der Waals surface area contributed by atoms with Crippen LogP contribution in [0.1, 0.15) is 19.2 Å². The Morgan fingerprint density at radius 2 is 1.87 bits per heavy atom. The second-order valence-corrected chi connectivity index (χ2v) is 7.94. The molecule has 2 aliphatic heterocycles. The maximum Gasteiger partial charge on any atom is 0.228 e. The summed E-state index contributed by atoms with van der Waals surface area (Å²) in [6.45, 7) is 7.36. The van der Waals surface area contributed by atoms with E-state index in [-0.39, 0.29) is 30.0 Å². The van der Waals surface area contributed by atoms with Crippen LogP contribution in [-0.4, -0.2) is 70.4 Å². The van der Waals surface area contributed by atoms with Gasteiger partial charge in [0.2, 0.25) is 11.8 Å². The molecule has 2 amide bonds. The SMILES string of the molecule is CCc1nccn1CCN1CCN(C(=O)C2CC(=O)N(c3ccc(F)cc3)C2)CC1. The van der Waals surface area contributed by atoms with Crippen LogP contribution >= 0.6 is 0 Å². The highest BCUT2D eigenvalue weighted by molar-refractivity contribution is 6.00. The van der Waals surface area contributed by atoms with E-state index in [1.807, 2.05) is 17.3 Å². The third-order valence-electron chi connectivity index (χ3n) is 6.07. The normalized spacial score (nSPS) is 20.2. The summed E-state index contributed by atoms with van der Waals surface area (Å²) in [5.74, 6) is 0.406. The summed E-state index contributed by atoms with van der Waals surface area (Å²) in [7, 11) is 0. The molecular formula is C22H28FN5O2. The van der Waals surface area contributed by atoms with Gasteiger partial charge in [-0.25, -0.2) is 9.37 Å². The topological polar surface area (TPSA) is 61.7 Å². The minimum atomic E-state index is -0.338. The van der Waals surface area contributed by atoms with Gasteiger partial charge in [-0.2, -0.15) is 0 Å². The molecule has 2 aliphatic rings. The van der Waals surface area contributed by atoms with Gasteiger partial charge in [-0.15, -0.1) is 0 Å². The number of benzene rings is 1. The van der Waals surface area contributed by atoms with Gasteiger partial charge in [0, 0.05) is 76.7 Å². The first kappa shape index (κ1) is 20.5. The Kier molecular flexibility index (Phi) is 6.13. The summed E-state index contributed by atoms with van der Waals surface area (Å²) < 4.78 is 15.3. The number of nitrogens with zero attached hydrogens (tertiary/aromatic N) is 5. The third-order valence-corrected chi connectivity index (χ3v) is 6.07. The largest absolute Gasteiger partial charge is 0.340 e. The number of carbonyl (C=O) groups is 2. The predicted octanol–water partition coefficient (Wildman–Crippen LogP) is 1.78. The van der Waals surface area contributed by atoms with Crippen molar-refractivity contribution >= 4 is 17.5 Å². The summed E-state index contributed by atoms with van der Waals surface area (Å²) in [4.78, 5) is 35.6. The zero-order valence-electron chi connectivity index (χ0n) is 17.3. The van der Waals surface area contributed by atoms with Gasteiger partial charge in [0.15, 0.2) is 0 Å². The molecule has 1 aromatic heterocycles. The molecule has 2 aromatic rings. The van der Waals surface area contributed by atoms with Gasteiger partial charge < -0.3 is 14.4 Å². The van der Waals surface area contributed by atoms with E-state index in [0.29, 0.717) is 25.3 Å². The third kappa shape index (κ3) is 4.38. The Morgan fingerprint density at radius 3 is 2.57 bits per heavy atom. The fraction of sp³-hybridized carbons (Fsp3) is 0.500. The average molecular weight is 413 g/mol. The Bertz CT molecular complexity index is 889. The number of hydrogen-bond donors (Lipinski definition) is 0. The van der Waals surface area contributed by atoms with Crippen LogP contribution in [-0.2, 0) is 22.6 Å². The number of aromatic nitrogens is 2. The van der Waals surface area contributed by atoms with Crippen molar-refractivity contribution in [3.8, 4) is 0 Å². The van der Waals surface area contributed by atoms with E-state index in [9.17, 15) is 14.0 Å². The molecule has 1 atom stereocenters. The first-order valence-electron chi connectivity index (χ1n) is 10.6. The molecule has 160 valence electrons. The van der Waals surface area contributed by atoms with Crippen molar-refractivity contribution in [2.45, 2.75) is 26.3 Å². The van der Waals surface area contributed by atoms with Crippen LogP contribution in [0.15, 0.2) is 36.7 Å². The average Bonchev–Trinajstić information content (AvgIpc) is 3.39. The highest BCUT2D eigenvalue weighted by Gasteiger charge is 2.37. The standard InChI is InChI=1S/C22H28FN5O2/c1-2-20-24-7-8-26(20)12-9-25-10-13-27(14-11-25)22(30)17-15-21(29)28(16-17)19-5-3-18(23)4-6-19/h3-8,17H,2,9-16H2,1H3. The maximum atomic E-state index is 13.2. The molecule has 30 heavy (non-hydrogen) atoms. The fourth-order valence-electron chi connectivity index (χ4n) is 4.30. The quantitative estimate of drug-likeness (QED) is 0.724. The van der Waals surface area contributed by atoms with Gasteiger partial charge in [-0.05, 0) is 24.3 Å². The molecular weight excluding hydrogens is 385 g/mol. The lowest BCUT2D eigenvalue weighted by atomic mass is 10.1. The highest BCUT2D eigenvalue weighted by Crippen LogP contribution is 2.26. The van der Waals surface area contributed by atoms with E-state index in [1.165, 1.54) is 12.1 Å². The summed E-state index contributed by atoms with van der Waals surface area (Å²) in [6, 6.07) is 5.85. The molecule has 0 N–H and O–H groups in total. The first-order valence-corrected chi connectivity index (χ1v) is 10.6. The van der Waals surface area contributed by atoms with Crippen molar-refractivity contribution in [1.82, 2.24) is 19.4 Å². The molecule has 0 bridgehead atoms. The van der Waals surface area contributed by atoms with Crippen molar-refractivity contribution in [3.05, 3.63) is 48.3 Å². The van der Waals surface area contributed by atoms with Crippen LogP contribution < -0.4 is 4.90 Å².